The average molecular weight is 601 g/mol. The summed E-state index contributed by atoms with van der Waals surface area (Å²) in [5.41, 5.74) is 3.90. The normalized spacial score (nSPS) is 13.3. The van der Waals surface area contributed by atoms with E-state index in [1.165, 1.54) is 11.8 Å². The van der Waals surface area contributed by atoms with Crippen LogP contribution in [0.4, 0.5) is 0 Å². The number of pyridine rings is 2. The maximum Gasteiger partial charge on any atom is 0.192 e. The smallest absolute Gasteiger partial charge is 0.192 e. The molecule has 3 rings (SSSR count). The minimum atomic E-state index is -1.96. The summed E-state index contributed by atoms with van der Waals surface area (Å²) >= 11 is 7.13. The van der Waals surface area contributed by atoms with Gasteiger partial charge in [-0.05, 0) is 85.9 Å². The van der Waals surface area contributed by atoms with Crippen LogP contribution < -0.4 is 4.72 Å². The molecule has 10 heteroatoms. The molecule has 6 nitrogen and oxygen atoms in total. The Morgan fingerprint density at radius 1 is 1.05 bits per heavy atom. The minimum Gasteiger partial charge on any atom is -0.598 e. The Morgan fingerprint density at radius 3 is 2.41 bits per heavy atom. The van der Waals surface area contributed by atoms with Crippen LogP contribution >= 0.6 is 23.4 Å². The standard InChI is InChI=1S/C29H37ClN4O2S2Si/c1-28(2,3)38(35)34-18-23-14-22(20-11-13-32-24(15-20)17-31)16-25(30)26(23)37-27-21(10-9-12-33-27)19-36-39(7,8)29(4,5)6/h9-16,34H,18-19H2,1-8H3. The molecule has 0 bridgehead atoms. The van der Waals surface area contributed by atoms with Gasteiger partial charge in [-0.1, -0.05) is 50.2 Å². The molecular weight excluding hydrogens is 564 g/mol. The molecule has 1 unspecified atom stereocenters. The van der Waals surface area contributed by atoms with Crippen LogP contribution in [0.2, 0.25) is 23.2 Å². The van der Waals surface area contributed by atoms with Crippen LogP contribution in [0.1, 0.15) is 58.4 Å². The van der Waals surface area contributed by atoms with Crippen LogP contribution in [0.5, 0.6) is 0 Å². The second kappa shape index (κ2) is 12.7. The fraction of sp³-hybridized carbons (Fsp3) is 0.414. The number of hydrogen-bond donors (Lipinski definition) is 1. The number of nitrogens with zero attached hydrogens (tertiary/aromatic N) is 3. The van der Waals surface area contributed by atoms with E-state index in [9.17, 15) is 9.81 Å². The highest BCUT2D eigenvalue weighted by atomic mass is 35.5. The van der Waals surface area contributed by atoms with Crippen molar-refractivity contribution in [3.63, 3.8) is 0 Å². The summed E-state index contributed by atoms with van der Waals surface area (Å²) in [6.45, 7) is 17.8. The molecule has 1 N–H and O–H groups in total. The lowest BCUT2D eigenvalue weighted by Crippen LogP contribution is -2.40. The molecule has 0 spiro atoms. The SMILES string of the molecule is CC(C)(C)[S+]([O-])NCc1cc(-c2ccnc(C#N)c2)cc(Cl)c1Sc1ncccc1CO[Si](C)(C)C(C)(C)C. The van der Waals surface area contributed by atoms with E-state index >= 15 is 0 Å². The van der Waals surface area contributed by atoms with Gasteiger partial charge < -0.3 is 8.98 Å². The van der Waals surface area contributed by atoms with Crippen molar-refractivity contribution in [1.82, 2.24) is 14.7 Å². The number of benzene rings is 1. The van der Waals surface area contributed by atoms with E-state index in [-0.39, 0.29) is 5.04 Å². The van der Waals surface area contributed by atoms with Crippen LogP contribution in [0.15, 0.2) is 58.7 Å². The highest BCUT2D eigenvalue weighted by Gasteiger charge is 2.37. The third-order valence-electron chi connectivity index (χ3n) is 6.72. The van der Waals surface area contributed by atoms with Gasteiger partial charge in [0, 0.05) is 34.2 Å². The lowest BCUT2D eigenvalue weighted by atomic mass is 10.0. The molecule has 39 heavy (non-hydrogen) atoms. The number of halogens is 1. The molecular formula is C29H37ClN4O2S2Si. The van der Waals surface area contributed by atoms with Crippen LogP contribution in [-0.4, -0.2) is 27.6 Å². The molecule has 0 aliphatic rings. The zero-order valence-electron chi connectivity index (χ0n) is 23.9. The molecule has 0 amide bonds. The molecule has 0 fully saturated rings. The third kappa shape index (κ3) is 8.30. The van der Waals surface area contributed by atoms with Gasteiger partial charge in [-0.3, -0.25) is 0 Å². The predicted octanol–water partition coefficient (Wildman–Crippen LogP) is 7.89. The quantitative estimate of drug-likeness (QED) is 0.197. The van der Waals surface area contributed by atoms with Gasteiger partial charge in [0.2, 0.25) is 0 Å². The topological polar surface area (TPSA) is 93.9 Å². The molecule has 1 atom stereocenters. The number of nitriles is 1. The fourth-order valence-electron chi connectivity index (χ4n) is 3.29. The van der Waals surface area contributed by atoms with E-state index in [0.717, 1.165) is 32.2 Å². The Hall–Kier alpha value is -1.90. The first-order valence-electron chi connectivity index (χ1n) is 12.7. The van der Waals surface area contributed by atoms with Gasteiger partial charge in [0.15, 0.2) is 8.32 Å². The van der Waals surface area contributed by atoms with E-state index < -0.39 is 24.4 Å². The summed E-state index contributed by atoms with van der Waals surface area (Å²) in [5, 5.41) is 10.8. The molecule has 2 aromatic heterocycles. The van der Waals surface area contributed by atoms with Crippen LogP contribution in [0, 0.1) is 11.3 Å². The van der Waals surface area contributed by atoms with Gasteiger partial charge >= 0.3 is 0 Å². The average Bonchev–Trinajstić information content (AvgIpc) is 2.86. The largest absolute Gasteiger partial charge is 0.598 e. The number of nitrogens with one attached hydrogen (secondary N) is 1. The van der Waals surface area contributed by atoms with Crippen molar-refractivity contribution in [3.05, 3.63) is 70.6 Å². The van der Waals surface area contributed by atoms with Gasteiger partial charge in [0.05, 0.1) is 18.2 Å². The molecule has 0 aliphatic heterocycles. The maximum absolute atomic E-state index is 12.8. The van der Waals surface area contributed by atoms with Gasteiger partial charge in [-0.2, -0.15) is 5.26 Å². The van der Waals surface area contributed by atoms with E-state index in [1.807, 2.05) is 51.1 Å². The Balaban J connectivity index is 2.00. The first-order chi connectivity index (χ1) is 18.1. The molecule has 0 radical (unpaired) electrons. The minimum absolute atomic E-state index is 0.0988. The molecule has 0 aliphatic carbocycles. The first-order valence-corrected chi connectivity index (χ1v) is 18.0. The van der Waals surface area contributed by atoms with Crippen molar-refractivity contribution in [2.75, 3.05) is 0 Å². The van der Waals surface area contributed by atoms with E-state index in [4.69, 9.17) is 16.0 Å². The van der Waals surface area contributed by atoms with Gasteiger partial charge in [-0.15, -0.1) is 4.72 Å². The molecule has 1 aromatic carbocycles. The van der Waals surface area contributed by atoms with Crippen molar-refractivity contribution in [2.24, 2.45) is 0 Å². The van der Waals surface area contributed by atoms with Crippen molar-refractivity contribution in [3.8, 4) is 17.2 Å². The second-order valence-corrected chi connectivity index (χ2v) is 20.1. The highest BCUT2D eigenvalue weighted by Crippen LogP contribution is 2.41. The van der Waals surface area contributed by atoms with Crippen molar-refractivity contribution >= 4 is 43.0 Å². The van der Waals surface area contributed by atoms with Crippen molar-refractivity contribution in [2.45, 2.75) is 87.5 Å². The fourth-order valence-corrected chi connectivity index (χ4v) is 6.30. The predicted molar refractivity (Wildman–Crippen MR) is 164 cm³/mol. The zero-order valence-corrected chi connectivity index (χ0v) is 27.3. The Kier molecular flexibility index (Phi) is 10.3. The molecule has 2 heterocycles. The van der Waals surface area contributed by atoms with Crippen LogP contribution in [-0.2, 0) is 28.9 Å². The van der Waals surface area contributed by atoms with Crippen LogP contribution in [0.3, 0.4) is 0 Å². The lowest BCUT2D eigenvalue weighted by molar-refractivity contribution is 0.273. The Bertz CT molecular complexity index is 1350. The summed E-state index contributed by atoms with van der Waals surface area (Å²) in [4.78, 5) is 9.59. The number of hydrogen-bond acceptors (Lipinski definition) is 7. The molecule has 0 saturated carbocycles. The van der Waals surface area contributed by atoms with Crippen molar-refractivity contribution < 1.29 is 8.98 Å². The third-order valence-corrected chi connectivity index (χ3v) is 14.4. The van der Waals surface area contributed by atoms with Gasteiger partial charge in [0.1, 0.15) is 21.5 Å². The zero-order chi connectivity index (χ0) is 29.0. The molecule has 0 saturated heterocycles. The van der Waals surface area contributed by atoms with Crippen molar-refractivity contribution in [1.29, 1.82) is 5.26 Å². The van der Waals surface area contributed by atoms with E-state index in [1.54, 1.807) is 18.5 Å². The van der Waals surface area contributed by atoms with E-state index in [2.05, 4.69) is 54.6 Å². The molecule has 3 aromatic rings. The molecule has 208 valence electrons. The summed E-state index contributed by atoms with van der Waals surface area (Å²) in [6.07, 6.45) is 3.38. The van der Waals surface area contributed by atoms with E-state index in [0.29, 0.717) is 23.9 Å². The monoisotopic (exact) mass is 600 g/mol. The number of rotatable bonds is 9. The van der Waals surface area contributed by atoms with Gasteiger partial charge in [0.25, 0.3) is 0 Å². The number of aromatic nitrogens is 2. The summed E-state index contributed by atoms with van der Waals surface area (Å²) < 4.78 is 22.1. The second-order valence-electron chi connectivity index (χ2n) is 11.8. The summed E-state index contributed by atoms with van der Waals surface area (Å²) in [5.74, 6) is 0. The Labute approximate surface area is 246 Å². The van der Waals surface area contributed by atoms with Crippen LogP contribution in [0.25, 0.3) is 11.1 Å². The van der Waals surface area contributed by atoms with Gasteiger partial charge in [-0.25, -0.2) is 9.97 Å². The summed E-state index contributed by atoms with van der Waals surface area (Å²) in [6, 6.07) is 13.5. The Morgan fingerprint density at radius 2 is 1.77 bits per heavy atom. The maximum atomic E-state index is 12.8. The highest BCUT2D eigenvalue weighted by molar-refractivity contribution is 7.99. The summed E-state index contributed by atoms with van der Waals surface area (Å²) in [7, 11) is -1.96. The lowest BCUT2D eigenvalue weighted by Gasteiger charge is -2.36. The first kappa shape index (κ1) is 31.6.